The molecule has 0 unspecified atom stereocenters. The Bertz CT molecular complexity index is 1470. The summed E-state index contributed by atoms with van der Waals surface area (Å²) < 4.78 is 0. The summed E-state index contributed by atoms with van der Waals surface area (Å²) in [7, 11) is 0. The predicted molar refractivity (Wildman–Crippen MR) is 123 cm³/mol. The summed E-state index contributed by atoms with van der Waals surface area (Å²) in [5.74, 6) is -8.17. The number of allylic oxidation sites excluding steroid dienone is 2. The molecule has 2 aliphatic carbocycles. The number of aliphatic hydroxyl groups excluding tert-OH is 2. The van der Waals surface area contributed by atoms with Crippen molar-refractivity contribution in [2.45, 2.75) is 5.92 Å². The lowest BCUT2D eigenvalue weighted by molar-refractivity contribution is -0.112. The van der Waals surface area contributed by atoms with E-state index in [1.54, 1.807) is 0 Å². The number of Topliss-reactive ketones (excluding diaryl/α,β-unsaturated/α-hetero) is 4. The summed E-state index contributed by atoms with van der Waals surface area (Å²) in [6.45, 7) is 0. The van der Waals surface area contributed by atoms with Crippen molar-refractivity contribution in [2.75, 3.05) is 0 Å². The maximum atomic E-state index is 13.3. The molecule has 0 radical (unpaired) electrons. The average Bonchev–Trinajstić information content (AvgIpc) is 2.85. The van der Waals surface area contributed by atoms with Gasteiger partial charge in [0.2, 0.25) is 23.1 Å². The van der Waals surface area contributed by atoms with E-state index in [9.17, 15) is 39.6 Å². The summed E-state index contributed by atoms with van der Waals surface area (Å²) in [5, 5.41) is 42.6. The molecule has 0 spiro atoms. The molecule has 3 aromatic carbocycles. The van der Waals surface area contributed by atoms with Crippen LogP contribution in [0.3, 0.4) is 0 Å². The minimum Gasteiger partial charge on any atom is -0.508 e. The van der Waals surface area contributed by atoms with E-state index in [0.717, 1.165) is 12.1 Å². The van der Waals surface area contributed by atoms with Gasteiger partial charge in [-0.25, -0.2) is 0 Å². The van der Waals surface area contributed by atoms with Gasteiger partial charge in [-0.1, -0.05) is 54.6 Å². The Morgan fingerprint density at radius 3 is 1.37 bits per heavy atom. The second-order valence-electron chi connectivity index (χ2n) is 8.11. The predicted octanol–water partition coefficient (Wildman–Crippen LogP) is 3.65. The van der Waals surface area contributed by atoms with Crippen molar-refractivity contribution in [2.24, 2.45) is 0 Å². The second kappa shape index (κ2) is 7.81. The Balaban J connectivity index is 1.88. The van der Waals surface area contributed by atoms with Crippen molar-refractivity contribution >= 4 is 34.7 Å². The lowest BCUT2D eigenvalue weighted by atomic mass is 9.72. The normalized spacial score (nSPS) is 15.6. The molecule has 0 bridgehead atoms. The van der Waals surface area contributed by atoms with Crippen molar-refractivity contribution in [1.82, 2.24) is 0 Å². The minimum atomic E-state index is -1.70. The van der Waals surface area contributed by atoms with E-state index >= 15 is 0 Å². The number of benzene rings is 3. The van der Waals surface area contributed by atoms with Gasteiger partial charge in [0.1, 0.15) is 23.0 Å². The fraction of sp³-hybridized carbons (Fsp3) is 0.0370. The zero-order valence-electron chi connectivity index (χ0n) is 17.9. The van der Waals surface area contributed by atoms with Crippen LogP contribution in [0.2, 0.25) is 0 Å². The van der Waals surface area contributed by atoms with Crippen molar-refractivity contribution in [3.05, 3.63) is 106 Å². The molecule has 0 heterocycles. The highest BCUT2D eigenvalue weighted by molar-refractivity contribution is 6.55. The molecule has 0 saturated carbocycles. The van der Waals surface area contributed by atoms with Gasteiger partial charge in [0.15, 0.2) is 0 Å². The third kappa shape index (κ3) is 3.15. The number of hydrogen-bond acceptors (Lipinski definition) is 8. The monoisotopic (exact) mass is 468 g/mol. The molecule has 5 rings (SSSR count). The van der Waals surface area contributed by atoms with Crippen LogP contribution in [0.1, 0.15) is 43.3 Å². The van der Waals surface area contributed by atoms with Gasteiger partial charge in [-0.3, -0.25) is 19.2 Å². The molecule has 172 valence electrons. The summed E-state index contributed by atoms with van der Waals surface area (Å²) in [6.07, 6.45) is 0. The maximum absolute atomic E-state index is 13.3. The Kier molecular flexibility index (Phi) is 4.87. The number of hydrogen-bond donors (Lipinski definition) is 4. The Morgan fingerprint density at radius 2 is 0.943 bits per heavy atom. The second-order valence-corrected chi connectivity index (χ2v) is 8.11. The molecular weight excluding hydrogens is 452 g/mol. The molecule has 35 heavy (non-hydrogen) atoms. The third-order valence-corrected chi connectivity index (χ3v) is 6.17. The van der Waals surface area contributed by atoms with Gasteiger partial charge in [-0.2, -0.15) is 0 Å². The van der Waals surface area contributed by atoms with Gasteiger partial charge in [0.25, 0.3) is 0 Å². The number of ketones is 4. The molecule has 8 nitrogen and oxygen atoms in total. The SMILES string of the molecule is O=C1C(=O)c2ccccc2C(O)=C1C(C1=C(O)c2ccccc2C(=O)C1=O)c1ccc(O)cc1O. The molecule has 0 aromatic heterocycles. The van der Waals surface area contributed by atoms with Crippen LogP contribution in [-0.4, -0.2) is 43.6 Å². The summed E-state index contributed by atoms with van der Waals surface area (Å²) in [5.41, 5.74) is -1.43. The maximum Gasteiger partial charge on any atom is 0.234 e. The number of carbonyl (C=O) groups excluding carboxylic acids is 4. The van der Waals surface area contributed by atoms with Crippen LogP contribution in [0.15, 0.2) is 77.9 Å². The van der Waals surface area contributed by atoms with Gasteiger partial charge >= 0.3 is 0 Å². The van der Waals surface area contributed by atoms with Gasteiger partial charge in [-0.05, 0) is 6.07 Å². The number of phenols is 2. The topological polar surface area (TPSA) is 149 Å². The standard InChI is InChI=1S/C27H16O8/c28-12-9-10-17(18(29)11-12)19(20-22(30)13-5-1-3-7-15(13)24(32)26(20)34)21-23(31)14-6-2-4-8-16(14)25(33)27(21)35/h1-11,19,28-31H. The van der Waals surface area contributed by atoms with Crippen molar-refractivity contribution in [3.63, 3.8) is 0 Å². The van der Waals surface area contributed by atoms with Crippen LogP contribution in [-0.2, 0) is 9.59 Å². The van der Waals surface area contributed by atoms with E-state index in [1.807, 2.05) is 0 Å². The number of fused-ring (bicyclic) bond motifs is 2. The summed E-state index contributed by atoms with van der Waals surface area (Å²) in [6, 6.07) is 14.9. The lowest BCUT2D eigenvalue weighted by Gasteiger charge is -2.29. The summed E-state index contributed by atoms with van der Waals surface area (Å²) in [4.78, 5) is 52.4. The first-order valence-electron chi connectivity index (χ1n) is 10.5. The molecule has 4 N–H and O–H groups in total. The number of phenolic OH excluding ortho intramolecular Hbond substituents is 2. The van der Waals surface area contributed by atoms with Crippen LogP contribution >= 0.6 is 0 Å². The minimum absolute atomic E-state index is 0.0189. The number of aromatic hydroxyl groups is 2. The highest BCUT2D eigenvalue weighted by Gasteiger charge is 2.45. The lowest BCUT2D eigenvalue weighted by Crippen LogP contribution is -2.33. The Labute approximate surface area is 197 Å². The van der Waals surface area contributed by atoms with Crippen LogP contribution in [0.25, 0.3) is 11.5 Å². The zero-order valence-corrected chi connectivity index (χ0v) is 17.9. The van der Waals surface area contributed by atoms with Gasteiger partial charge in [0, 0.05) is 33.9 Å². The summed E-state index contributed by atoms with van der Waals surface area (Å²) >= 11 is 0. The van der Waals surface area contributed by atoms with E-state index in [2.05, 4.69) is 0 Å². The first kappa shape index (κ1) is 21.8. The first-order valence-corrected chi connectivity index (χ1v) is 10.5. The zero-order chi connectivity index (χ0) is 25.0. The molecule has 0 amide bonds. The largest absolute Gasteiger partial charge is 0.508 e. The highest BCUT2D eigenvalue weighted by atomic mass is 16.3. The first-order chi connectivity index (χ1) is 16.7. The Hall–Kier alpha value is -4.98. The van der Waals surface area contributed by atoms with Crippen LogP contribution in [0.5, 0.6) is 11.5 Å². The van der Waals surface area contributed by atoms with Crippen LogP contribution < -0.4 is 0 Å². The highest BCUT2D eigenvalue weighted by Crippen LogP contribution is 2.47. The van der Waals surface area contributed by atoms with Crippen LogP contribution in [0, 0.1) is 0 Å². The molecule has 0 aliphatic heterocycles. The van der Waals surface area contributed by atoms with Crippen molar-refractivity contribution < 1.29 is 39.6 Å². The van der Waals surface area contributed by atoms with Crippen molar-refractivity contribution in [3.8, 4) is 11.5 Å². The van der Waals surface area contributed by atoms with Gasteiger partial charge in [-0.15, -0.1) is 0 Å². The van der Waals surface area contributed by atoms with E-state index < -0.39 is 57.5 Å². The Morgan fingerprint density at radius 1 is 0.514 bits per heavy atom. The van der Waals surface area contributed by atoms with E-state index in [1.165, 1.54) is 54.6 Å². The molecule has 0 atom stereocenters. The third-order valence-electron chi connectivity index (χ3n) is 6.17. The van der Waals surface area contributed by atoms with E-state index in [0.29, 0.717) is 0 Å². The molecule has 2 aliphatic rings. The van der Waals surface area contributed by atoms with E-state index in [4.69, 9.17) is 0 Å². The smallest absolute Gasteiger partial charge is 0.234 e. The number of carbonyl (C=O) groups is 4. The van der Waals surface area contributed by atoms with Gasteiger partial charge in [0.05, 0.1) is 17.1 Å². The molecule has 8 heteroatoms. The fourth-order valence-corrected chi connectivity index (χ4v) is 4.54. The van der Waals surface area contributed by atoms with Crippen LogP contribution in [0.4, 0.5) is 0 Å². The van der Waals surface area contributed by atoms with Crippen molar-refractivity contribution in [1.29, 1.82) is 0 Å². The molecule has 0 fully saturated rings. The average molecular weight is 468 g/mol. The van der Waals surface area contributed by atoms with Gasteiger partial charge < -0.3 is 20.4 Å². The molecule has 3 aromatic rings. The molecular formula is C27H16O8. The fourth-order valence-electron chi connectivity index (χ4n) is 4.54. The number of rotatable bonds is 3. The quantitative estimate of drug-likeness (QED) is 0.426. The van der Waals surface area contributed by atoms with E-state index in [-0.39, 0.29) is 33.6 Å². The molecule has 0 saturated heterocycles. The number of aliphatic hydroxyl groups is 2.